The van der Waals surface area contributed by atoms with Crippen LogP contribution in [0.1, 0.15) is 26.3 Å². The van der Waals surface area contributed by atoms with E-state index in [9.17, 15) is 14.2 Å². The van der Waals surface area contributed by atoms with Crippen molar-refractivity contribution in [2.24, 2.45) is 5.41 Å². The fraction of sp³-hybridized carbons (Fsp3) is 0.184. The van der Waals surface area contributed by atoms with Crippen LogP contribution in [0, 0.1) is 10.8 Å². The smallest absolute Gasteiger partial charge is 0.324 e. The number of ether oxygens (including phenoxy) is 1. The SMILES string of the molecule is CC(C)(C)C(=N)/C=C(/NC(=O)Nc1ccc(Oc2ccnc(Nc3ccc4c(c3)NC(=O)C4)n2)c2ccccc12)Nc1ccc(P(C)(C)=O)cc1. The number of nitrogens with zero attached hydrogens (tertiary/aromatic N) is 2. The van der Waals surface area contributed by atoms with Crippen molar-refractivity contribution in [1.29, 1.82) is 5.41 Å². The molecule has 51 heavy (non-hydrogen) atoms. The third-order valence-corrected chi connectivity index (χ3v) is 9.62. The standard InChI is InChI=1S/C38H39N8O4P/c1-38(2,3)32(39)22-33(41-24-12-14-26(15-13-24)51(4,5)49)45-37(48)44-29-16-17-31(28-9-7-6-8-27(28)29)50-35-18-19-40-36(46-35)42-25-11-10-23-20-34(47)43-30(23)21-25/h6-19,21-22,39,41H,20H2,1-5H3,(H,43,47)(H,40,42,46)(H2,44,45,48)/b33-22+,39-32?. The van der Waals surface area contributed by atoms with E-state index in [1.165, 1.54) is 0 Å². The van der Waals surface area contributed by atoms with E-state index in [0.29, 0.717) is 46.9 Å². The summed E-state index contributed by atoms with van der Waals surface area (Å²) in [6, 6.07) is 24.9. The number of hydrogen-bond acceptors (Lipinski definition) is 9. The van der Waals surface area contributed by atoms with Gasteiger partial charge in [-0.1, -0.05) is 51.1 Å². The highest BCUT2D eigenvalue weighted by molar-refractivity contribution is 7.70. The molecule has 0 unspecified atom stereocenters. The minimum atomic E-state index is -2.43. The number of allylic oxidation sites excluding steroid dienone is 1. The van der Waals surface area contributed by atoms with Crippen LogP contribution in [0.5, 0.6) is 11.6 Å². The second-order valence-corrected chi connectivity index (χ2v) is 16.7. The van der Waals surface area contributed by atoms with Crippen molar-refractivity contribution in [1.82, 2.24) is 15.3 Å². The number of rotatable bonds is 10. The van der Waals surface area contributed by atoms with Crippen molar-refractivity contribution in [3.63, 3.8) is 0 Å². The highest BCUT2D eigenvalue weighted by atomic mass is 31.2. The molecule has 0 bridgehead atoms. The van der Waals surface area contributed by atoms with Crippen molar-refractivity contribution in [3.8, 4) is 11.6 Å². The van der Waals surface area contributed by atoms with Crippen LogP contribution in [0.4, 0.5) is 33.5 Å². The summed E-state index contributed by atoms with van der Waals surface area (Å²) in [4.78, 5) is 34.0. The second kappa shape index (κ2) is 14.1. The Labute approximate surface area is 296 Å². The molecule has 1 aliphatic rings. The Morgan fingerprint density at radius 1 is 0.941 bits per heavy atom. The van der Waals surface area contributed by atoms with E-state index in [0.717, 1.165) is 33.0 Å². The minimum absolute atomic E-state index is 0.0380. The molecule has 0 saturated carbocycles. The number of anilines is 5. The molecule has 6 rings (SSSR count). The third kappa shape index (κ3) is 8.60. The maximum Gasteiger partial charge on any atom is 0.324 e. The molecule has 6 N–H and O–H groups in total. The van der Waals surface area contributed by atoms with Crippen molar-refractivity contribution in [2.45, 2.75) is 27.2 Å². The number of amides is 3. The third-order valence-electron chi connectivity index (χ3n) is 8.08. The van der Waals surface area contributed by atoms with E-state index in [2.05, 4.69) is 36.6 Å². The average Bonchev–Trinajstić information content (AvgIpc) is 3.44. The molecule has 0 atom stereocenters. The summed E-state index contributed by atoms with van der Waals surface area (Å²) in [5, 5.41) is 25.8. The van der Waals surface area contributed by atoms with Gasteiger partial charge in [0.1, 0.15) is 18.7 Å². The molecule has 13 heteroatoms. The fourth-order valence-electron chi connectivity index (χ4n) is 5.26. The van der Waals surface area contributed by atoms with Crippen LogP contribution in [0.25, 0.3) is 10.8 Å². The summed E-state index contributed by atoms with van der Waals surface area (Å²) in [7, 11) is -2.43. The van der Waals surface area contributed by atoms with Gasteiger partial charge in [-0.15, -0.1) is 0 Å². The maximum absolute atomic E-state index is 13.4. The van der Waals surface area contributed by atoms with Crippen LogP contribution in [0.3, 0.4) is 0 Å². The van der Waals surface area contributed by atoms with Crippen molar-refractivity contribution >= 4 is 69.6 Å². The molecule has 12 nitrogen and oxygen atoms in total. The lowest BCUT2D eigenvalue weighted by atomic mass is 9.90. The van der Waals surface area contributed by atoms with Crippen LogP contribution in [0.15, 0.2) is 103 Å². The van der Waals surface area contributed by atoms with Crippen molar-refractivity contribution in [3.05, 3.63) is 109 Å². The van der Waals surface area contributed by atoms with E-state index in [1.54, 1.807) is 68.1 Å². The molecule has 260 valence electrons. The lowest BCUT2D eigenvalue weighted by Gasteiger charge is -2.20. The van der Waals surface area contributed by atoms with Gasteiger partial charge in [0.05, 0.1) is 12.1 Å². The summed E-state index contributed by atoms with van der Waals surface area (Å²) in [5.74, 6) is 1.41. The summed E-state index contributed by atoms with van der Waals surface area (Å²) in [6.45, 7) is 9.18. The highest BCUT2D eigenvalue weighted by Crippen LogP contribution is 2.36. The summed E-state index contributed by atoms with van der Waals surface area (Å²) >= 11 is 0. The largest absolute Gasteiger partial charge is 0.438 e. The molecule has 4 aromatic carbocycles. The van der Waals surface area contributed by atoms with Gasteiger partial charge in [-0.05, 0) is 67.4 Å². The average molecular weight is 703 g/mol. The Bertz CT molecular complexity index is 2240. The van der Waals surface area contributed by atoms with Gasteiger partial charge in [-0.2, -0.15) is 4.98 Å². The van der Waals surface area contributed by atoms with Crippen LogP contribution < -0.4 is 36.6 Å². The maximum atomic E-state index is 13.4. The van der Waals surface area contributed by atoms with Crippen LogP contribution in [-0.2, 0) is 15.8 Å². The number of benzene rings is 4. The summed E-state index contributed by atoms with van der Waals surface area (Å²) in [5.41, 5.74) is 3.48. The Balaban J connectivity index is 1.19. The first kappa shape index (κ1) is 34.8. The van der Waals surface area contributed by atoms with E-state index >= 15 is 0 Å². The molecule has 2 heterocycles. The molecule has 0 aliphatic carbocycles. The number of nitrogens with one attached hydrogen (secondary N) is 6. The highest BCUT2D eigenvalue weighted by Gasteiger charge is 2.19. The molecular weight excluding hydrogens is 663 g/mol. The Kier molecular flexibility index (Phi) is 9.62. The number of fused-ring (bicyclic) bond motifs is 2. The molecule has 0 fully saturated rings. The van der Waals surface area contributed by atoms with Crippen LogP contribution >= 0.6 is 7.14 Å². The molecule has 0 radical (unpaired) electrons. The minimum Gasteiger partial charge on any atom is -0.438 e. The molecule has 1 aliphatic heterocycles. The second-order valence-electron chi connectivity index (χ2n) is 13.5. The van der Waals surface area contributed by atoms with Gasteiger partial charge in [0, 0.05) is 62.6 Å². The first-order valence-electron chi connectivity index (χ1n) is 16.3. The first-order chi connectivity index (χ1) is 24.2. The zero-order valence-electron chi connectivity index (χ0n) is 28.9. The first-order valence-corrected chi connectivity index (χ1v) is 18.9. The molecule has 0 saturated heterocycles. The molecule has 5 aromatic rings. The topological polar surface area (TPSA) is 170 Å². The summed E-state index contributed by atoms with van der Waals surface area (Å²) < 4.78 is 18.7. The van der Waals surface area contributed by atoms with E-state index < -0.39 is 18.6 Å². The number of hydrogen-bond donors (Lipinski definition) is 6. The lowest BCUT2D eigenvalue weighted by Crippen LogP contribution is -2.32. The Morgan fingerprint density at radius 2 is 1.67 bits per heavy atom. The number of urea groups is 1. The Morgan fingerprint density at radius 3 is 2.39 bits per heavy atom. The lowest BCUT2D eigenvalue weighted by molar-refractivity contribution is -0.115. The van der Waals surface area contributed by atoms with E-state index in [1.807, 2.05) is 63.2 Å². The van der Waals surface area contributed by atoms with Gasteiger partial charge >= 0.3 is 6.03 Å². The van der Waals surface area contributed by atoms with Gasteiger partial charge in [-0.25, -0.2) is 9.78 Å². The zero-order valence-corrected chi connectivity index (χ0v) is 29.8. The van der Waals surface area contributed by atoms with Gasteiger partial charge < -0.3 is 36.0 Å². The Hall–Kier alpha value is -6.00. The van der Waals surface area contributed by atoms with Crippen molar-refractivity contribution < 1.29 is 18.9 Å². The fourth-order valence-corrected chi connectivity index (χ4v) is 6.13. The van der Waals surface area contributed by atoms with Gasteiger partial charge in [0.15, 0.2) is 0 Å². The van der Waals surface area contributed by atoms with Gasteiger partial charge in [0.2, 0.25) is 17.7 Å². The predicted octanol–water partition coefficient (Wildman–Crippen LogP) is 8.05. The molecular formula is C38H39N8O4P. The van der Waals surface area contributed by atoms with Crippen molar-refractivity contribution in [2.75, 3.05) is 34.6 Å². The molecule has 0 spiro atoms. The number of carbonyl (C=O) groups is 2. The van der Waals surface area contributed by atoms with Gasteiger partial charge in [0.25, 0.3) is 0 Å². The van der Waals surface area contributed by atoms with E-state index in [-0.39, 0.29) is 5.91 Å². The zero-order chi connectivity index (χ0) is 36.3. The van der Waals surface area contributed by atoms with Gasteiger partial charge in [-0.3, -0.25) is 10.1 Å². The van der Waals surface area contributed by atoms with E-state index in [4.69, 9.17) is 10.1 Å². The number of aromatic nitrogens is 2. The molecule has 3 amide bonds. The normalized spacial score (nSPS) is 12.9. The predicted molar refractivity (Wildman–Crippen MR) is 205 cm³/mol. The number of carbonyl (C=O) groups excluding carboxylic acids is 2. The quantitative estimate of drug-likeness (QED) is 0.0627. The molecule has 1 aromatic heterocycles. The van der Waals surface area contributed by atoms with Crippen LogP contribution in [-0.4, -0.2) is 40.9 Å². The summed E-state index contributed by atoms with van der Waals surface area (Å²) in [6.07, 6.45) is 3.53. The monoisotopic (exact) mass is 702 g/mol. The van der Waals surface area contributed by atoms with Crippen LogP contribution in [0.2, 0.25) is 0 Å².